The fourth-order valence-corrected chi connectivity index (χ4v) is 0.320. The molecule has 0 atom stereocenters. The fraction of sp³-hybridized carbons (Fsp3) is 0.333. The van der Waals surface area contributed by atoms with E-state index >= 15 is 0 Å². The maximum absolute atomic E-state index is 6.38. The van der Waals surface area contributed by atoms with Crippen molar-refractivity contribution in [3.8, 4) is 0 Å². The monoisotopic (exact) mass is 196 g/mol. The first kappa shape index (κ1) is 6.07. The molecule has 0 unspecified atom stereocenters. The van der Waals surface area contributed by atoms with E-state index in [0.717, 1.165) is 10.8 Å². The van der Waals surface area contributed by atoms with Crippen LogP contribution in [0, 0.1) is 5.41 Å². The van der Waals surface area contributed by atoms with E-state index in [2.05, 4.69) is 27.6 Å². The van der Waals surface area contributed by atoms with E-state index in [1.807, 2.05) is 0 Å². The minimum Gasteiger partial charge on any atom is -0.290 e. The van der Waals surface area contributed by atoms with Crippen LogP contribution in [-0.2, 0) is 0 Å². The standard InChI is InChI=1S/C3H5IN2/c4-1-2-6-3-5/h2-3,5H,1H2. The Morgan fingerprint density at radius 2 is 2.50 bits per heavy atom. The van der Waals surface area contributed by atoms with Crippen molar-refractivity contribution in [3.05, 3.63) is 0 Å². The highest BCUT2D eigenvalue weighted by molar-refractivity contribution is 14.1. The maximum Gasteiger partial charge on any atom is 0.106 e. The van der Waals surface area contributed by atoms with Crippen LogP contribution in [0.25, 0.3) is 0 Å². The number of hydrogen-bond acceptors (Lipinski definition) is 1. The largest absolute Gasteiger partial charge is 0.290 e. The van der Waals surface area contributed by atoms with Gasteiger partial charge in [0.1, 0.15) is 6.34 Å². The van der Waals surface area contributed by atoms with Crippen LogP contribution in [-0.4, -0.2) is 17.0 Å². The molecule has 0 aliphatic rings. The predicted octanol–water partition coefficient (Wildman–Crippen LogP) is 1.10. The quantitative estimate of drug-likeness (QED) is 0.297. The van der Waals surface area contributed by atoms with E-state index in [-0.39, 0.29) is 0 Å². The van der Waals surface area contributed by atoms with Crippen molar-refractivity contribution in [3.63, 3.8) is 0 Å². The third kappa shape index (κ3) is 4.07. The first-order valence-corrected chi connectivity index (χ1v) is 3.01. The zero-order valence-corrected chi connectivity index (χ0v) is 5.34. The second kappa shape index (κ2) is 5.07. The predicted molar refractivity (Wildman–Crippen MR) is 36.2 cm³/mol. The summed E-state index contributed by atoms with van der Waals surface area (Å²) in [7, 11) is 0. The van der Waals surface area contributed by atoms with Gasteiger partial charge in [0.2, 0.25) is 0 Å². The van der Waals surface area contributed by atoms with Crippen molar-refractivity contribution in [1.29, 1.82) is 5.41 Å². The van der Waals surface area contributed by atoms with Gasteiger partial charge in [-0.15, -0.1) is 0 Å². The van der Waals surface area contributed by atoms with E-state index in [0.29, 0.717) is 0 Å². The minimum atomic E-state index is 0.882. The number of hydrogen-bond donors (Lipinski definition) is 1. The average Bonchev–Trinajstić information content (AvgIpc) is 1.61. The van der Waals surface area contributed by atoms with Gasteiger partial charge in [0.25, 0.3) is 0 Å². The smallest absolute Gasteiger partial charge is 0.106 e. The molecule has 0 spiro atoms. The summed E-state index contributed by atoms with van der Waals surface area (Å²) >= 11 is 2.16. The van der Waals surface area contributed by atoms with Gasteiger partial charge in [0.15, 0.2) is 0 Å². The zero-order valence-electron chi connectivity index (χ0n) is 3.19. The first-order valence-electron chi connectivity index (χ1n) is 1.48. The van der Waals surface area contributed by atoms with Gasteiger partial charge in [0.05, 0.1) is 0 Å². The van der Waals surface area contributed by atoms with Crippen LogP contribution in [0.4, 0.5) is 0 Å². The van der Waals surface area contributed by atoms with Gasteiger partial charge in [-0.25, -0.2) is 4.99 Å². The van der Waals surface area contributed by atoms with Gasteiger partial charge < -0.3 is 0 Å². The van der Waals surface area contributed by atoms with E-state index in [1.165, 1.54) is 0 Å². The van der Waals surface area contributed by atoms with Crippen molar-refractivity contribution in [2.75, 3.05) is 4.43 Å². The Balaban J connectivity index is 2.94. The van der Waals surface area contributed by atoms with Gasteiger partial charge in [-0.05, 0) is 0 Å². The number of nitrogens with zero attached hydrogens (tertiary/aromatic N) is 1. The normalized spacial score (nSPS) is 9.50. The van der Waals surface area contributed by atoms with Crippen molar-refractivity contribution >= 4 is 35.1 Å². The van der Waals surface area contributed by atoms with E-state index in [1.54, 1.807) is 6.21 Å². The van der Waals surface area contributed by atoms with Crippen LogP contribution in [0.5, 0.6) is 0 Å². The highest BCUT2D eigenvalue weighted by Crippen LogP contribution is 1.71. The Labute approximate surface area is 50.3 Å². The lowest BCUT2D eigenvalue weighted by atomic mass is 10.9. The highest BCUT2D eigenvalue weighted by atomic mass is 127. The molecule has 0 saturated carbocycles. The van der Waals surface area contributed by atoms with E-state index < -0.39 is 0 Å². The Hall–Kier alpha value is 0.0700. The molecule has 0 amide bonds. The van der Waals surface area contributed by atoms with Crippen molar-refractivity contribution in [2.45, 2.75) is 0 Å². The third-order valence-electron chi connectivity index (χ3n) is 0.249. The molecule has 1 N–H and O–H groups in total. The lowest BCUT2D eigenvalue weighted by Crippen LogP contribution is -1.69. The van der Waals surface area contributed by atoms with Crippen molar-refractivity contribution in [2.24, 2.45) is 4.99 Å². The van der Waals surface area contributed by atoms with Crippen LogP contribution in [0.15, 0.2) is 4.99 Å². The molecule has 0 saturated heterocycles. The molecular formula is C3H5IN2. The summed E-state index contributed by atoms with van der Waals surface area (Å²) in [5.74, 6) is 0. The van der Waals surface area contributed by atoms with Gasteiger partial charge >= 0.3 is 0 Å². The van der Waals surface area contributed by atoms with Crippen LogP contribution < -0.4 is 0 Å². The minimum absolute atomic E-state index is 0.882. The van der Waals surface area contributed by atoms with Crippen LogP contribution in [0.1, 0.15) is 0 Å². The number of halogens is 1. The summed E-state index contributed by atoms with van der Waals surface area (Å²) < 4.78 is 0.882. The Kier molecular flexibility index (Phi) is 5.13. The summed E-state index contributed by atoms with van der Waals surface area (Å²) in [6.45, 7) is 0. The molecule has 0 aliphatic heterocycles. The Morgan fingerprint density at radius 3 is 2.67 bits per heavy atom. The second-order valence-electron chi connectivity index (χ2n) is 0.615. The molecular weight excluding hydrogens is 191 g/mol. The van der Waals surface area contributed by atoms with Crippen molar-refractivity contribution < 1.29 is 0 Å². The van der Waals surface area contributed by atoms with Gasteiger partial charge in [-0.1, -0.05) is 22.6 Å². The van der Waals surface area contributed by atoms with E-state index in [4.69, 9.17) is 5.41 Å². The summed E-state index contributed by atoms with van der Waals surface area (Å²) in [4.78, 5) is 3.50. The fourth-order valence-electron chi connectivity index (χ4n) is 0.0925. The molecule has 0 rings (SSSR count). The van der Waals surface area contributed by atoms with Gasteiger partial charge in [-0.3, -0.25) is 5.41 Å². The third-order valence-corrected chi connectivity index (χ3v) is 0.643. The number of alkyl halides is 1. The topological polar surface area (TPSA) is 36.2 Å². The number of aliphatic imine (C=N–C) groups is 1. The molecule has 6 heavy (non-hydrogen) atoms. The first-order chi connectivity index (χ1) is 2.91. The molecule has 0 aromatic rings. The lowest BCUT2D eigenvalue weighted by Gasteiger charge is -1.65. The van der Waals surface area contributed by atoms with Crippen molar-refractivity contribution in [1.82, 2.24) is 0 Å². The zero-order chi connectivity index (χ0) is 4.83. The van der Waals surface area contributed by atoms with Crippen LogP contribution >= 0.6 is 22.6 Å². The maximum atomic E-state index is 6.38. The van der Waals surface area contributed by atoms with Crippen LogP contribution in [0.3, 0.4) is 0 Å². The molecule has 0 bridgehead atoms. The molecule has 0 fully saturated rings. The second-order valence-corrected chi connectivity index (χ2v) is 1.50. The Bertz CT molecular complexity index is 59.8. The lowest BCUT2D eigenvalue weighted by molar-refractivity contribution is 1.52. The van der Waals surface area contributed by atoms with E-state index in [9.17, 15) is 0 Å². The average molecular weight is 196 g/mol. The van der Waals surface area contributed by atoms with Crippen LogP contribution in [0.2, 0.25) is 0 Å². The van der Waals surface area contributed by atoms with Gasteiger partial charge in [0, 0.05) is 10.6 Å². The summed E-state index contributed by atoms with van der Waals surface area (Å²) in [6.07, 6.45) is 2.70. The Morgan fingerprint density at radius 1 is 1.83 bits per heavy atom. The molecule has 0 heterocycles. The molecule has 0 aromatic carbocycles. The molecule has 0 aromatic heterocycles. The molecule has 3 heteroatoms. The number of nitrogens with one attached hydrogen (secondary N) is 1. The number of rotatable bonds is 2. The van der Waals surface area contributed by atoms with Gasteiger partial charge in [-0.2, -0.15) is 0 Å². The molecule has 2 nitrogen and oxygen atoms in total. The molecule has 34 valence electrons. The molecule has 0 aliphatic carbocycles. The SMILES string of the molecule is N=CN=CCI. The summed E-state index contributed by atoms with van der Waals surface area (Å²) in [6, 6.07) is 0. The highest BCUT2D eigenvalue weighted by Gasteiger charge is 1.58. The summed E-state index contributed by atoms with van der Waals surface area (Å²) in [5, 5.41) is 6.38. The summed E-state index contributed by atoms with van der Waals surface area (Å²) in [5.41, 5.74) is 0. The molecule has 0 radical (unpaired) electrons.